The molecule has 7 heteroatoms. The van der Waals surface area contributed by atoms with Crippen LogP contribution in [-0.4, -0.2) is 29.4 Å². The first-order valence-corrected chi connectivity index (χ1v) is 13.3. The Morgan fingerprint density at radius 1 is 1.27 bits per heavy atom. The van der Waals surface area contributed by atoms with Gasteiger partial charge in [-0.1, -0.05) is 19.6 Å². The SMILES string of the molecule is Cc1nn(COCC[Si](C)(C)C)c(C)c1-c1cc(C#N)cc2scnc12. The molecule has 0 amide bonds. The molecular formula is C19H24N4OSSi. The first-order chi connectivity index (χ1) is 12.3. The Labute approximate surface area is 159 Å². The third-order valence-corrected chi connectivity index (χ3v) is 6.91. The highest BCUT2D eigenvalue weighted by Gasteiger charge is 2.18. The number of nitriles is 1. The average molecular weight is 385 g/mol. The number of ether oxygens (including phenoxy) is 1. The van der Waals surface area contributed by atoms with Gasteiger partial charge in [0.05, 0.1) is 33.1 Å². The Balaban J connectivity index is 1.92. The molecule has 0 atom stereocenters. The van der Waals surface area contributed by atoms with Gasteiger partial charge in [-0.3, -0.25) is 0 Å². The molecule has 0 aliphatic carbocycles. The molecule has 0 saturated heterocycles. The Morgan fingerprint density at radius 2 is 2.04 bits per heavy atom. The predicted octanol–water partition coefficient (Wildman–Crippen LogP) is 4.96. The lowest BCUT2D eigenvalue weighted by atomic mass is 10.0. The van der Waals surface area contributed by atoms with Crippen molar-refractivity contribution in [1.29, 1.82) is 5.26 Å². The van der Waals surface area contributed by atoms with E-state index in [1.807, 2.05) is 29.2 Å². The van der Waals surface area contributed by atoms with Gasteiger partial charge in [-0.2, -0.15) is 10.4 Å². The third-order valence-electron chi connectivity index (χ3n) is 4.43. The molecule has 136 valence electrons. The van der Waals surface area contributed by atoms with E-state index in [-0.39, 0.29) is 0 Å². The van der Waals surface area contributed by atoms with Gasteiger partial charge in [-0.15, -0.1) is 11.3 Å². The van der Waals surface area contributed by atoms with Gasteiger partial charge in [-0.05, 0) is 32.0 Å². The molecule has 26 heavy (non-hydrogen) atoms. The quantitative estimate of drug-likeness (QED) is 0.445. The van der Waals surface area contributed by atoms with Crippen molar-refractivity contribution in [2.75, 3.05) is 6.61 Å². The number of aromatic nitrogens is 3. The second-order valence-corrected chi connectivity index (χ2v) is 14.2. The summed E-state index contributed by atoms with van der Waals surface area (Å²) in [6.45, 7) is 12.3. The molecule has 0 fully saturated rings. The fourth-order valence-electron chi connectivity index (χ4n) is 2.96. The first kappa shape index (κ1) is 18.8. The third kappa shape index (κ3) is 3.88. The lowest BCUT2D eigenvalue weighted by molar-refractivity contribution is 0.0770. The van der Waals surface area contributed by atoms with Crippen LogP contribution in [0.25, 0.3) is 21.3 Å². The lowest BCUT2D eigenvalue weighted by Gasteiger charge is -2.15. The van der Waals surface area contributed by atoms with Crippen LogP contribution < -0.4 is 0 Å². The van der Waals surface area contributed by atoms with Crippen molar-refractivity contribution < 1.29 is 4.74 Å². The highest BCUT2D eigenvalue weighted by atomic mass is 32.1. The fourth-order valence-corrected chi connectivity index (χ4v) is 4.46. The van der Waals surface area contributed by atoms with Crippen molar-refractivity contribution in [1.82, 2.24) is 14.8 Å². The van der Waals surface area contributed by atoms with E-state index in [1.54, 1.807) is 11.3 Å². The zero-order valence-electron chi connectivity index (χ0n) is 16.0. The van der Waals surface area contributed by atoms with E-state index in [4.69, 9.17) is 4.74 Å². The maximum Gasteiger partial charge on any atom is 0.139 e. The molecule has 0 N–H and O–H groups in total. The van der Waals surface area contributed by atoms with E-state index in [2.05, 4.69) is 42.7 Å². The van der Waals surface area contributed by atoms with E-state index >= 15 is 0 Å². The number of benzene rings is 1. The normalized spacial score (nSPS) is 11.8. The van der Waals surface area contributed by atoms with Crippen molar-refractivity contribution in [2.24, 2.45) is 0 Å². The number of fused-ring (bicyclic) bond motifs is 1. The van der Waals surface area contributed by atoms with E-state index in [9.17, 15) is 5.26 Å². The molecule has 5 nitrogen and oxygen atoms in total. The van der Waals surface area contributed by atoms with Crippen LogP contribution >= 0.6 is 11.3 Å². The Kier molecular flexibility index (Phi) is 5.28. The smallest absolute Gasteiger partial charge is 0.139 e. The van der Waals surface area contributed by atoms with Crippen molar-refractivity contribution in [3.8, 4) is 17.2 Å². The maximum atomic E-state index is 9.36. The lowest BCUT2D eigenvalue weighted by Crippen LogP contribution is -2.22. The minimum absolute atomic E-state index is 0.454. The largest absolute Gasteiger partial charge is 0.360 e. The summed E-state index contributed by atoms with van der Waals surface area (Å²) in [7, 11) is -1.09. The second kappa shape index (κ2) is 7.31. The summed E-state index contributed by atoms with van der Waals surface area (Å²) < 4.78 is 8.80. The number of aryl methyl sites for hydroxylation is 1. The monoisotopic (exact) mass is 384 g/mol. The van der Waals surface area contributed by atoms with Crippen molar-refractivity contribution >= 4 is 29.6 Å². The van der Waals surface area contributed by atoms with Crippen molar-refractivity contribution in [3.63, 3.8) is 0 Å². The Bertz CT molecular complexity index is 978. The summed E-state index contributed by atoms with van der Waals surface area (Å²) in [4.78, 5) is 4.51. The minimum Gasteiger partial charge on any atom is -0.360 e. The molecular weight excluding hydrogens is 360 g/mol. The van der Waals surface area contributed by atoms with Crippen LogP contribution in [0.3, 0.4) is 0 Å². The van der Waals surface area contributed by atoms with Crippen LogP contribution in [0.2, 0.25) is 25.7 Å². The summed E-state index contributed by atoms with van der Waals surface area (Å²) in [6, 6.07) is 7.20. The molecule has 2 heterocycles. The number of thiazole rings is 1. The minimum atomic E-state index is -1.09. The van der Waals surface area contributed by atoms with E-state index in [1.165, 1.54) is 0 Å². The van der Waals surface area contributed by atoms with E-state index in [0.29, 0.717) is 12.3 Å². The van der Waals surface area contributed by atoms with Gasteiger partial charge in [0.25, 0.3) is 0 Å². The maximum absolute atomic E-state index is 9.36. The Morgan fingerprint density at radius 3 is 2.73 bits per heavy atom. The van der Waals surface area contributed by atoms with Crippen LogP contribution in [0.4, 0.5) is 0 Å². The fraction of sp³-hybridized carbons (Fsp3) is 0.421. The standard InChI is InChI=1S/C19H24N4OSSi/c1-13-18(14(2)23(22-13)12-24-6-7-26(3,4)5)16-8-15(10-20)9-17-19(16)21-11-25-17/h8-9,11H,6-7,12H2,1-5H3. The predicted molar refractivity (Wildman–Crippen MR) is 109 cm³/mol. The van der Waals surface area contributed by atoms with Gasteiger partial charge >= 0.3 is 0 Å². The van der Waals surface area contributed by atoms with Gasteiger partial charge in [0.15, 0.2) is 0 Å². The van der Waals surface area contributed by atoms with Crippen LogP contribution in [0, 0.1) is 25.2 Å². The van der Waals surface area contributed by atoms with Gasteiger partial charge in [0.2, 0.25) is 0 Å². The molecule has 1 aromatic carbocycles. The van der Waals surface area contributed by atoms with Crippen molar-refractivity contribution in [3.05, 3.63) is 34.6 Å². The van der Waals surface area contributed by atoms with Crippen LogP contribution in [0.15, 0.2) is 17.6 Å². The topological polar surface area (TPSA) is 63.7 Å². The van der Waals surface area contributed by atoms with Gasteiger partial charge in [0, 0.05) is 31.5 Å². The summed E-state index contributed by atoms with van der Waals surface area (Å²) in [5, 5.41) is 14.0. The first-order valence-electron chi connectivity index (χ1n) is 8.69. The van der Waals surface area contributed by atoms with Gasteiger partial charge in [-0.25, -0.2) is 9.67 Å². The van der Waals surface area contributed by atoms with E-state index < -0.39 is 8.07 Å². The highest BCUT2D eigenvalue weighted by Crippen LogP contribution is 2.35. The van der Waals surface area contributed by atoms with Gasteiger partial charge < -0.3 is 4.74 Å². The summed E-state index contributed by atoms with van der Waals surface area (Å²) in [5.74, 6) is 0. The molecule has 0 saturated carbocycles. The second-order valence-electron chi connectivity index (χ2n) is 7.73. The Hall–Kier alpha value is -2.01. The molecule has 3 rings (SSSR count). The summed E-state index contributed by atoms with van der Waals surface area (Å²) >= 11 is 1.55. The van der Waals surface area contributed by atoms with E-state index in [0.717, 1.165) is 45.4 Å². The molecule has 0 radical (unpaired) electrons. The number of rotatable bonds is 6. The zero-order chi connectivity index (χ0) is 18.9. The molecule has 0 aliphatic heterocycles. The molecule has 0 bridgehead atoms. The molecule has 3 aromatic rings. The van der Waals surface area contributed by atoms with Crippen LogP contribution in [-0.2, 0) is 11.5 Å². The number of nitrogens with zero attached hydrogens (tertiary/aromatic N) is 4. The highest BCUT2D eigenvalue weighted by molar-refractivity contribution is 7.16. The molecule has 2 aromatic heterocycles. The van der Waals surface area contributed by atoms with Crippen LogP contribution in [0.1, 0.15) is 17.0 Å². The number of hydrogen-bond acceptors (Lipinski definition) is 5. The number of hydrogen-bond donors (Lipinski definition) is 0. The summed E-state index contributed by atoms with van der Waals surface area (Å²) in [5.41, 5.74) is 7.40. The molecule has 0 unspecified atom stereocenters. The molecule has 0 aliphatic rings. The zero-order valence-corrected chi connectivity index (χ0v) is 17.8. The molecule has 0 spiro atoms. The van der Waals surface area contributed by atoms with Crippen molar-refractivity contribution in [2.45, 2.75) is 46.3 Å². The average Bonchev–Trinajstić information content (AvgIpc) is 3.14. The van der Waals surface area contributed by atoms with Gasteiger partial charge in [0.1, 0.15) is 6.73 Å². The van der Waals surface area contributed by atoms with Crippen LogP contribution in [0.5, 0.6) is 0 Å². The summed E-state index contributed by atoms with van der Waals surface area (Å²) in [6.07, 6.45) is 0.